The van der Waals surface area contributed by atoms with E-state index in [0.29, 0.717) is 5.76 Å². The van der Waals surface area contributed by atoms with Crippen molar-refractivity contribution in [2.24, 2.45) is 10.8 Å². The summed E-state index contributed by atoms with van der Waals surface area (Å²) < 4.78 is 5.80. The van der Waals surface area contributed by atoms with Crippen molar-refractivity contribution in [2.45, 2.75) is 52.5 Å². The van der Waals surface area contributed by atoms with Crippen LogP contribution in [0.1, 0.15) is 60.6 Å². The Labute approximate surface area is 135 Å². The van der Waals surface area contributed by atoms with E-state index in [1.807, 2.05) is 20.8 Å². The van der Waals surface area contributed by atoms with Gasteiger partial charge >= 0.3 is 0 Å². The van der Waals surface area contributed by atoms with Crippen LogP contribution in [0.2, 0.25) is 0 Å². The Hall–Kier alpha value is -1.89. The number of hydrogen-bond acceptors (Lipinski definition) is 4. The fourth-order valence-electron chi connectivity index (χ4n) is 2.51. The molecule has 4 N–H and O–H groups in total. The molecule has 1 heterocycles. The molecule has 2 rings (SSSR count). The van der Waals surface area contributed by atoms with Gasteiger partial charge in [0.05, 0.1) is 5.71 Å². The molecule has 0 radical (unpaired) electrons. The smallest absolute Gasteiger partial charge is 0.287 e. The molecule has 1 aliphatic carbocycles. The number of aryl methyl sites for hydroxylation is 1. The summed E-state index contributed by atoms with van der Waals surface area (Å²) in [6.45, 7) is 5.88. The van der Waals surface area contributed by atoms with Crippen molar-refractivity contribution in [1.82, 2.24) is 10.7 Å². The van der Waals surface area contributed by atoms with Crippen molar-refractivity contribution >= 4 is 28.9 Å². The molecule has 1 aromatic heterocycles. The summed E-state index contributed by atoms with van der Waals surface area (Å²) in [7, 11) is 0. The Balaban J connectivity index is 2.32. The van der Waals surface area contributed by atoms with Gasteiger partial charge in [-0.25, -0.2) is 0 Å². The van der Waals surface area contributed by atoms with Gasteiger partial charge in [-0.15, -0.1) is 0 Å². The van der Waals surface area contributed by atoms with Gasteiger partial charge < -0.3 is 15.5 Å². The number of nitrogens with two attached hydrogens (primary N) is 1. The first-order chi connectivity index (χ1) is 10.4. The van der Waals surface area contributed by atoms with Crippen LogP contribution in [0.4, 0.5) is 0 Å². The third-order valence-electron chi connectivity index (χ3n) is 3.82. The minimum atomic E-state index is -0.178. The largest absolute Gasteiger partial charge is 0.455 e. The number of fused-ring (bicyclic) bond motifs is 1. The van der Waals surface area contributed by atoms with Crippen LogP contribution in [0.3, 0.4) is 0 Å². The maximum Gasteiger partial charge on any atom is 0.287 e. The molecule has 6 nitrogen and oxygen atoms in total. The Morgan fingerprint density at radius 2 is 2.23 bits per heavy atom. The third-order valence-corrected chi connectivity index (χ3v) is 3.91. The number of amides is 1. The number of hydrogen-bond donors (Lipinski definition) is 3. The average Bonchev–Trinajstić information content (AvgIpc) is 2.82. The van der Waals surface area contributed by atoms with E-state index < -0.39 is 0 Å². The van der Waals surface area contributed by atoms with Crippen molar-refractivity contribution < 1.29 is 9.21 Å². The molecule has 7 heteroatoms. The van der Waals surface area contributed by atoms with E-state index >= 15 is 0 Å². The zero-order valence-corrected chi connectivity index (χ0v) is 14.0. The normalized spacial score (nSPS) is 17.0. The second kappa shape index (κ2) is 6.91. The van der Waals surface area contributed by atoms with E-state index in [1.165, 1.54) is 0 Å². The predicted molar refractivity (Wildman–Crippen MR) is 90.1 cm³/mol. The van der Waals surface area contributed by atoms with Gasteiger partial charge in [0.25, 0.3) is 5.91 Å². The minimum Gasteiger partial charge on any atom is -0.455 e. The zero-order valence-electron chi connectivity index (χ0n) is 13.2. The lowest BCUT2D eigenvalue weighted by Gasteiger charge is -2.13. The lowest BCUT2D eigenvalue weighted by Crippen LogP contribution is -2.32. The topological polar surface area (TPSA) is 92.6 Å². The average molecular weight is 322 g/mol. The highest BCUT2D eigenvalue weighted by Gasteiger charge is 2.28. The molecule has 0 aromatic carbocycles. The van der Waals surface area contributed by atoms with Crippen molar-refractivity contribution in [3.8, 4) is 0 Å². The third kappa shape index (κ3) is 3.47. The van der Waals surface area contributed by atoms with E-state index in [0.717, 1.165) is 48.3 Å². The number of nitrogens with zero attached hydrogens (tertiary/aromatic N) is 1. The first-order valence-corrected chi connectivity index (χ1v) is 7.90. The number of furan rings is 1. The quantitative estimate of drug-likeness (QED) is 0.582. The molecule has 1 atom stereocenters. The van der Waals surface area contributed by atoms with E-state index in [2.05, 4.69) is 15.8 Å². The lowest BCUT2D eigenvalue weighted by atomic mass is 9.93. The first kappa shape index (κ1) is 16.5. The van der Waals surface area contributed by atoms with Crippen LogP contribution < -0.4 is 16.5 Å². The molecule has 0 aliphatic heterocycles. The summed E-state index contributed by atoms with van der Waals surface area (Å²) >= 11 is 4.78. The van der Waals surface area contributed by atoms with Crippen LogP contribution in [0.25, 0.3) is 0 Å². The van der Waals surface area contributed by atoms with Crippen LogP contribution in [-0.4, -0.2) is 22.8 Å². The molecule has 0 saturated heterocycles. The Kier molecular flexibility index (Phi) is 5.18. The molecule has 0 bridgehead atoms. The van der Waals surface area contributed by atoms with Crippen molar-refractivity contribution in [2.75, 3.05) is 0 Å². The van der Waals surface area contributed by atoms with Gasteiger partial charge in [-0.3, -0.25) is 10.2 Å². The molecule has 0 spiro atoms. The number of nitrogens with one attached hydrogen (secondary N) is 2. The van der Waals surface area contributed by atoms with E-state index in [-0.39, 0.29) is 17.1 Å². The van der Waals surface area contributed by atoms with Crippen LogP contribution in [0.15, 0.2) is 9.52 Å². The van der Waals surface area contributed by atoms with Gasteiger partial charge in [0.15, 0.2) is 10.9 Å². The van der Waals surface area contributed by atoms with Crippen LogP contribution >= 0.6 is 12.2 Å². The van der Waals surface area contributed by atoms with Gasteiger partial charge in [0.1, 0.15) is 5.76 Å². The summed E-state index contributed by atoms with van der Waals surface area (Å²) in [6.07, 6.45) is 3.40. The first-order valence-electron chi connectivity index (χ1n) is 7.49. The summed E-state index contributed by atoms with van der Waals surface area (Å²) in [4.78, 5) is 12.3. The number of thiocarbonyl (C=S) groups is 1. The second-order valence-corrected chi connectivity index (χ2v) is 5.97. The second-order valence-electron chi connectivity index (χ2n) is 5.53. The number of carbonyl (C=O) groups is 1. The molecule has 1 unspecified atom stereocenters. The molecule has 1 aliphatic rings. The fourth-order valence-corrected chi connectivity index (χ4v) is 2.56. The molecule has 1 aromatic rings. The summed E-state index contributed by atoms with van der Waals surface area (Å²) in [6, 6.07) is 0.110. The van der Waals surface area contributed by atoms with E-state index in [9.17, 15) is 4.79 Å². The van der Waals surface area contributed by atoms with Gasteiger partial charge in [-0.2, -0.15) is 5.10 Å². The lowest BCUT2D eigenvalue weighted by molar-refractivity contribution is 0.0908. The Morgan fingerprint density at radius 3 is 2.86 bits per heavy atom. The predicted octanol–water partition coefficient (Wildman–Crippen LogP) is 1.99. The molecular weight excluding hydrogens is 300 g/mol. The van der Waals surface area contributed by atoms with E-state index in [4.69, 9.17) is 22.4 Å². The van der Waals surface area contributed by atoms with Gasteiger partial charge in [0.2, 0.25) is 0 Å². The molecule has 0 fully saturated rings. The maximum absolute atomic E-state index is 12.3. The zero-order chi connectivity index (χ0) is 16.3. The van der Waals surface area contributed by atoms with Gasteiger partial charge in [0, 0.05) is 23.6 Å². The molecule has 0 saturated carbocycles. The van der Waals surface area contributed by atoms with E-state index in [1.54, 1.807) is 0 Å². The maximum atomic E-state index is 12.3. The van der Waals surface area contributed by atoms with Crippen LogP contribution in [0, 0.1) is 6.92 Å². The Bertz CT molecular complexity index is 621. The molecule has 22 heavy (non-hydrogen) atoms. The molecular formula is C15H22N4O2S. The fraction of sp³-hybridized carbons (Fsp3) is 0.533. The van der Waals surface area contributed by atoms with Crippen LogP contribution in [0.5, 0.6) is 0 Å². The van der Waals surface area contributed by atoms with Crippen molar-refractivity contribution in [1.29, 1.82) is 0 Å². The van der Waals surface area contributed by atoms with Crippen LogP contribution in [-0.2, 0) is 6.42 Å². The monoisotopic (exact) mass is 322 g/mol. The summed E-state index contributed by atoms with van der Waals surface area (Å²) in [5.41, 5.74) is 10.6. The highest BCUT2D eigenvalue weighted by Crippen LogP contribution is 2.29. The summed E-state index contributed by atoms with van der Waals surface area (Å²) in [5, 5.41) is 7.30. The standard InChI is InChI=1S/C15H22N4O2S/c1-4-8(2)17-14(20)13-9(3)12-10(18-19-15(16)22)6-5-7-11(12)21-13/h8H,4-7H2,1-3H3,(H,17,20)(H3,16,19,22)/b18-10+. The van der Waals surface area contributed by atoms with Crippen molar-refractivity contribution in [3.05, 3.63) is 22.6 Å². The minimum absolute atomic E-state index is 0.110. The molecule has 1 amide bonds. The number of carbonyl (C=O) groups excluding carboxylic acids is 1. The SMILES string of the molecule is CCC(C)NC(=O)c1oc2c(c1C)/C(=N/NC(N)=S)CCC2. The summed E-state index contributed by atoms with van der Waals surface area (Å²) in [5.74, 6) is 1.000. The van der Waals surface area contributed by atoms with Crippen molar-refractivity contribution in [3.63, 3.8) is 0 Å². The van der Waals surface area contributed by atoms with Gasteiger partial charge in [-0.05, 0) is 45.3 Å². The Morgan fingerprint density at radius 1 is 1.50 bits per heavy atom. The highest BCUT2D eigenvalue weighted by atomic mass is 32.1. The number of rotatable bonds is 4. The van der Waals surface area contributed by atoms with Gasteiger partial charge in [-0.1, -0.05) is 6.92 Å². The number of hydrazone groups is 1. The highest BCUT2D eigenvalue weighted by molar-refractivity contribution is 7.80. The molecule has 120 valence electrons.